The summed E-state index contributed by atoms with van der Waals surface area (Å²) in [6.07, 6.45) is 1.22. The zero-order valence-corrected chi connectivity index (χ0v) is 33.2. The van der Waals surface area contributed by atoms with E-state index in [0.717, 1.165) is 27.9 Å². The Morgan fingerprint density at radius 1 is 0.983 bits per heavy atom. The smallest absolute Gasteiger partial charge is 0.331 e. The highest BCUT2D eigenvalue weighted by atomic mass is 32.2. The fraction of sp³-hybridized carbons (Fsp3) is 0.395. The van der Waals surface area contributed by atoms with Crippen LogP contribution in [0.25, 0.3) is 0 Å². The predicted molar refractivity (Wildman–Crippen MR) is 214 cm³/mol. The number of nitrogens with two attached hydrogens (primary N) is 1. The van der Waals surface area contributed by atoms with Gasteiger partial charge >= 0.3 is 17.7 Å². The molecule has 11 N–H and O–H groups in total. The lowest BCUT2D eigenvalue weighted by molar-refractivity contribution is -0.139. The van der Waals surface area contributed by atoms with Gasteiger partial charge in [0.15, 0.2) is 0 Å². The van der Waals surface area contributed by atoms with Gasteiger partial charge in [-0.1, -0.05) is 24.3 Å². The van der Waals surface area contributed by atoms with Crippen molar-refractivity contribution < 1.29 is 49.1 Å². The number of aromatic amines is 1. The number of aromatic hydroxyl groups is 2. The van der Waals surface area contributed by atoms with Crippen LogP contribution in [0.4, 0.5) is 4.79 Å². The van der Waals surface area contributed by atoms with E-state index >= 15 is 0 Å². The molecule has 318 valence electrons. The molecule has 1 aromatic heterocycles. The van der Waals surface area contributed by atoms with Crippen LogP contribution < -0.4 is 38.2 Å². The summed E-state index contributed by atoms with van der Waals surface area (Å²) >= 11 is 1.35. The minimum atomic E-state index is -1.52. The number of benzene rings is 2. The average Bonchev–Trinajstić information content (AvgIpc) is 3.55. The number of carbonyl (C=O) groups excluding carboxylic acids is 4. The summed E-state index contributed by atoms with van der Waals surface area (Å²) in [7, 11) is 1.37. The van der Waals surface area contributed by atoms with Gasteiger partial charge in [0.1, 0.15) is 41.5 Å². The maximum atomic E-state index is 13.9. The monoisotopic (exact) mass is 840 g/mol. The van der Waals surface area contributed by atoms with Gasteiger partial charge in [0.2, 0.25) is 23.9 Å². The van der Waals surface area contributed by atoms with Crippen LogP contribution in [0.5, 0.6) is 11.5 Å². The number of phenols is 2. The molecular weight excluding hydrogens is 793 g/mol. The van der Waals surface area contributed by atoms with Crippen LogP contribution in [0.2, 0.25) is 0 Å². The lowest BCUT2D eigenvalue weighted by Gasteiger charge is -2.34. The number of urea groups is 1. The summed E-state index contributed by atoms with van der Waals surface area (Å²) in [6, 6.07) is 5.55. The highest BCUT2D eigenvalue weighted by Crippen LogP contribution is 2.30. The van der Waals surface area contributed by atoms with Crippen molar-refractivity contribution in [1.82, 2.24) is 35.7 Å². The van der Waals surface area contributed by atoms with Crippen molar-refractivity contribution in [3.05, 3.63) is 105 Å². The number of carbonyl (C=O) groups is 5. The van der Waals surface area contributed by atoms with E-state index < -0.39 is 83.5 Å². The van der Waals surface area contributed by atoms with Crippen molar-refractivity contribution in [2.24, 2.45) is 5.73 Å². The van der Waals surface area contributed by atoms with E-state index in [1.54, 1.807) is 24.5 Å². The highest BCUT2D eigenvalue weighted by molar-refractivity contribution is 7.98. The number of carboxylic acids is 1. The second kappa shape index (κ2) is 20.9. The average molecular weight is 841 g/mol. The normalized spacial score (nSPS) is 18.0. The second-order valence-corrected chi connectivity index (χ2v) is 14.8. The third-order valence-electron chi connectivity index (χ3n) is 9.40. The van der Waals surface area contributed by atoms with Gasteiger partial charge in [-0.2, -0.15) is 11.8 Å². The summed E-state index contributed by atoms with van der Waals surface area (Å²) in [5, 5.41) is 50.0. The Kier molecular flexibility index (Phi) is 16.1. The van der Waals surface area contributed by atoms with E-state index in [1.807, 2.05) is 0 Å². The van der Waals surface area contributed by atoms with Gasteiger partial charge < -0.3 is 57.1 Å². The van der Waals surface area contributed by atoms with Gasteiger partial charge in [-0.15, -0.1) is 0 Å². The molecule has 0 spiro atoms. The molecule has 5 amide bonds. The third-order valence-corrected chi connectivity index (χ3v) is 10.0. The molecule has 1 fully saturated rings. The van der Waals surface area contributed by atoms with E-state index in [-0.39, 0.29) is 42.9 Å². The molecule has 0 aliphatic carbocycles. The molecule has 20 nitrogen and oxygen atoms in total. The lowest BCUT2D eigenvalue weighted by Crippen LogP contribution is -2.62. The van der Waals surface area contributed by atoms with Crippen molar-refractivity contribution in [3.63, 3.8) is 0 Å². The Bertz CT molecular complexity index is 2140. The van der Waals surface area contributed by atoms with Crippen LogP contribution in [-0.4, -0.2) is 120 Å². The Morgan fingerprint density at radius 3 is 2.20 bits per heavy atom. The second-order valence-electron chi connectivity index (χ2n) is 13.8. The number of aliphatic carboxylic acids is 1. The molecule has 2 aromatic carbocycles. The van der Waals surface area contributed by atoms with E-state index in [1.165, 1.54) is 56.1 Å². The van der Waals surface area contributed by atoms with Crippen LogP contribution in [0, 0.1) is 0 Å². The lowest BCUT2D eigenvalue weighted by atomic mass is 10.0. The number of thioether (sulfide) groups is 1. The van der Waals surface area contributed by atoms with Crippen molar-refractivity contribution in [2.75, 3.05) is 19.1 Å². The van der Waals surface area contributed by atoms with Gasteiger partial charge in [-0.25, -0.2) is 14.4 Å². The van der Waals surface area contributed by atoms with Crippen molar-refractivity contribution in [2.45, 2.75) is 75.1 Å². The molecule has 2 heterocycles. The maximum Gasteiger partial charge on any atom is 0.331 e. The van der Waals surface area contributed by atoms with Gasteiger partial charge in [-0.3, -0.25) is 28.7 Å². The number of phenolic OH excluding ortho intramolecular Hbond substituents is 2. The van der Waals surface area contributed by atoms with Gasteiger partial charge in [-0.05, 0) is 67.2 Å². The quantitative estimate of drug-likeness (QED) is 0.0751. The van der Waals surface area contributed by atoms with Crippen molar-refractivity contribution >= 4 is 41.5 Å². The topological polar surface area (TPSA) is 308 Å². The number of hydrogen-bond acceptors (Lipinski definition) is 13. The standard InChI is InChI=1S/C38H48N8O12S/c1-20(45(2)34(53)26(39)16-21-6-4-8-23(47)14-21)31(33(52)40-19-25-18-29(49)35(58-25)46-12-10-30(50)43-38(46)57)44-32(51)27(11-13-59-3)41-37(56)42-28(36(54)55)17-22-7-5-9-24(48)15-22/h4-10,12,14-15,19-20,26-29,31,35,47-49H,11,13,16-18,39H2,1-3H3,(H,40,52)(H,44,51)(H,54,55)(H2,41,42,56)(H,43,50,57)/b25-19+/t20-,26-,27-,28-,29-,31+,35+/m0/s1. The zero-order chi connectivity index (χ0) is 43.4. The van der Waals surface area contributed by atoms with E-state index in [0.29, 0.717) is 16.9 Å². The summed E-state index contributed by atoms with van der Waals surface area (Å²) in [5.41, 5.74) is 5.75. The largest absolute Gasteiger partial charge is 0.508 e. The van der Waals surface area contributed by atoms with Crippen LogP contribution in [0.3, 0.4) is 0 Å². The Morgan fingerprint density at radius 2 is 1.61 bits per heavy atom. The molecule has 1 saturated heterocycles. The van der Waals surface area contributed by atoms with Gasteiger partial charge in [0.25, 0.3) is 5.56 Å². The predicted octanol–water partition coefficient (Wildman–Crippen LogP) is -0.796. The molecule has 0 radical (unpaired) electrons. The molecular formula is C38H48N8O12S. The number of H-pyrrole nitrogens is 1. The number of aliphatic hydroxyl groups is 1. The first kappa shape index (κ1) is 45.4. The molecule has 4 rings (SSSR count). The minimum absolute atomic E-state index is 0.0252. The van der Waals surface area contributed by atoms with E-state index in [9.17, 15) is 54.0 Å². The number of aliphatic hydroxyl groups excluding tert-OH is 1. The summed E-state index contributed by atoms with van der Waals surface area (Å²) in [4.78, 5) is 93.8. The summed E-state index contributed by atoms with van der Waals surface area (Å²) in [5.74, 6) is -3.47. The number of amides is 5. The van der Waals surface area contributed by atoms with E-state index in [2.05, 4.69) is 26.3 Å². The Labute approximate surface area is 341 Å². The minimum Gasteiger partial charge on any atom is -0.508 e. The maximum absolute atomic E-state index is 13.9. The number of rotatable bonds is 18. The number of nitrogens with zero attached hydrogens (tertiary/aromatic N) is 2. The molecule has 59 heavy (non-hydrogen) atoms. The van der Waals surface area contributed by atoms with Crippen LogP contribution in [0.15, 0.2) is 82.3 Å². The number of nitrogens with one attached hydrogen (secondary N) is 5. The van der Waals surface area contributed by atoms with Crippen LogP contribution in [0.1, 0.15) is 37.1 Å². The van der Waals surface area contributed by atoms with Gasteiger partial charge in [0.05, 0.1) is 12.1 Å². The summed E-state index contributed by atoms with van der Waals surface area (Å²) < 4.78 is 6.65. The highest BCUT2D eigenvalue weighted by Gasteiger charge is 2.37. The Balaban J connectivity index is 1.55. The molecule has 0 saturated carbocycles. The Hall–Kier alpha value is -6.32. The fourth-order valence-corrected chi connectivity index (χ4v) is 6.62. The molecule has 0 bridgehead atoms. The molecule has 1 aliphatic heterocycles. The molecule has 1 aliphatic rings. The van der Waals surface area contributed by atoms with Gasteiger partial charge in [0, 0.05) is 38.4 Å². The molecule has 3 aromatic rings. The number of likely N-dealkylation sites (N-methyl/N-ethyl adjacent to an activating group) is 1. The SMILES string of the molecule is CSCC[C@H](NC(=O)N[C@@H](Cc1cccc(O)c1)C(=O)O)C(=O)N[C@@H](C(=O)N/C=C1\C[C@H](O)[C@H](n2ccc(=O)[nH]c2=O)O1)[C@H](C)N(C)C(=O)[C@@H](N)Cc1cccc(O)c1. The van der Waals surface area contributed by atoms with E-state index in [4.69, 9.17) is 10.5 Å². The fourth-order valence-electron chi connectivity index (χ4n) is 6.14. The van der Waals surface area contributed by atoms with Crippen LogP contribution >= 0.6 is 11.8 Å². The number of aromatic nitrogens is 2. The number of carboxylic acid groups (broad SMARTS) is 1. The first-order chi connectivity index (χ1) is 28.0. The number of hydrogen-bond donors (Lipinski definition) is 10. The molecule has 7 atom stereocenters. The van der Waals surface area contributed by atoms with Crippen molar-refractivity contribution in [3.8, 4) is 11.5 Å². The van der Waals surface area contributed by atoms with Crippen LogP contribution in [-0.2, 0) is 36.8 Å². The number of ether oxygens (including phenoxy) is 1. The third kappa shape index (κ3) is 12.8. The summed E-state index contributed by atoms with van der Waals surface area (Å²) in [6.45, 7) is 1.47. The first-order valence-electron chi connectivity index (χ1n) is 18.3. The molecule has 21 heteroatoms. The molecule has 0 unspecified atom stereocenters. The van der Waals surface area contributed by atoms with Crippen molar-refractivity contribution in [1.29, 1.82) is 0 Å². The zero-order valence-electron chi connectivity index (χ0n) is 32.4. The first-order valence-corrected chi connectivity index (χ1v) is 19.7.